The normalized spacial score (nSPS) is 10.3. The van der Waals surface area contributed by atoms with Crippen molar-refractivity contribution in [1.82, 2.24) is 10.2 Å². The van der Waals surface area contributed by atoms with Crippen LogP contribution in [-0.2, 0) is 9.59 Å². The Bertz CT molecular complexity index is 458. The summed E-state index contributed by atoms with van der Waals surface area (Å²) < 4.78 is 5.03. The number of carbonyl (C=O) groups is 2. The smallest absolute Gasteiger partial charge is 0.233 e. The summed E-state index contributed by atoms with van der Waals surface area (Å²) in [4.78, 5) is 25.3. The molecule has 0 saturated heterocycles. The Morgan fingerprint density at radius 2 is 1.81 bits per heavy atom. The van der Waals surface area contributed by atoms with Crippen molar-refractivity contribution in [2.75, 3.05) is 39.6 Å². The van der Waals surface area contributed by atoms with Crippen molar-refractivity contribution in [1.29, 1.82) is 0 Å². The first-order valence-corrected chi connectivity index (χ1v) is 6.86. The molecule has 0 fully saturated rings. The monoisotopic (exact) mass is 293 g/mol. The lowest BCUT2D eigenvalue weighted by Crippen LogP contribution is -2.30. The van der Waals surface area contributed by atoms with Gasteiger partial charge in [0.15, 0.2) is 0 Å². The van der Waals surface area contributed by atoms with Gasteiger partial charge < -0.3 is 20.3 Å². The van der Waals surface area contributed by atoms with Crippen molar-refractivity contribution in [3.8, 4) is 5.75 Å². The van der Waals surface area contributed by atoms with E-state index in [1.165, 1.54) is 0 Å². The summed E-state index contributed by atoms with van der Waals surface area (Å²) >= 11 is 0. The third-order valence-electron chi connectivity index (χ3n) is 2.80. The second-order valence-electron chi connectivity index (χ2n) is 4.96. The molecular formula is C15H23N3O3. The van der Waals surface area contributed by atoms with Crippen LogP contribution in [-0.4, -0.2) is 51.0 Å². The topological polar surface area (TPSA) is 70.7 Å². The summed E-state index contributed by atoms with van der Waals surface area (Å²) in [6, 6.07) is 6.95. The molecule has 0 radical (unpaired) electrons. The number of amides is 2. The number of nitrogens with one attached hydrogen (secondary N) is 2. The minimum Gasteiger partial charge on any atom is -0.497 e. The van der Waals surface area contributed by atoms with Crippen LogP contribution in [0.15, 0.2) is 24.3 Å². The van der Waals surface area contributed by atoms with Crippen molar-refractivity contribution in [3.63, 3.8) is 0 Å². The maximum atomic E-state index is 11.7. The molecular weight excluding hydrogens is 270 g/mol. The van der Waals surface area contributed by atoms with Gasteiger partial charge >= 0.3 is 0 Å². The van der Waals surface area contributed by atoms with E-state index in [-0.39, 0.29) is 18.2 Å². The highest BCUT2D eigenvalue weighted by molar-refractivity contribution is 6.03. The zero-order valence-corrected chi connectivity index (χ0v) is 12.8. The number of hydrogen-bond donors (Lipinski definition) is 2. The number of anilines is 1. The van der Waals surface area contributed by atoms with Crippen LogP contribution < -0.4 is 15.4 Å². The Balaban J connectivity index is 2.27. The van der Waals surface area contributed by atoms with E-state index in [4.69, 9.17) is 4.74 Å². The number of nitrogens with zero attached hydrogens (tertiary/aromatic N) is 1. The molecule has 0 aliphatic rings. The molecule has 1 aromatic rings. The zero-order chi connectivity index (χ0) is 15.7. The fourth-order valence-electron chi connectivity index (χ4n) is 1.71. The maximum Gasteiger partial charge on any atom is 0.233 e. The molecule has 2 amide bonds. The Morgan fingerprint density at radius 3 is 2.38 bits per heavy atom. The molecule has 0 unspecified atom stereocenters. The number of benzene rings is 1. The van der Waals surface area contributed by atoms with Crippen molar-refractivity contribution < 1.29 is 14.3 Å². The minimum absolute atomic E-state index is 0.173. The van der Waals surface area contributed by atoms with Crippen molar-refractivity contribution >= 4 is 17.5 Å². The van der Waals surface area contributed by atoms with Gasteiger partial charge in [-0.25, -0.2) is 0 Å². The van der Waals surface area contributed by atoms with Gasteiger partial charge in [-0.1, -0.05) is 0 Å². The third kappa shape index (κ3) is 7.31. The molecule has 6 nitrogen and oxygen atoms in total. The summed E-state index contributed by atoms with van der Waals surface area (Å²) in [6.45, 7) is 1.48. The van der Waals surface area contributed by atoms with Crippen LogP contribution in [0.4, 0.5) is 5.69 Å². The van der Waals surface area contributed by atoms with Crippen LogP contribution in [0.2, 0.25) is 0 Å². The van der Waals surface area contributed by atoms with Gasteiger partial charge in [-0.15, -0.1) is 0 Å². The molecule has 1 aromatic carbocycles. The van der Waals surface area contributed by atoms with E-state index in [1.807, 2.05) is 19.0 Å². The highest BCUT2D eigenvalue weighted by Crippen LogP contribution is 2.14. The zero-order valence-electron chi connectivity index (χ0n) is 12.8. The average Bonchev–Trinajstić information content (AvgIpc) is 2.44. The SMILES string of the molecule is COc1ccc(NC(=O)CC(=O)NCCCN(C)C)cc1. The van der Waals surface area contributed by atoms with Gasteiger partial charge in [0.05, 0.1) is 7.11 Å². The molecule has 1 rings (SSSR count). The predicted octanol–water partition coefficient (Wildman–Crippen LogP) is 1.09. The highest BCUT2D eigenvalue weighted by atomic mass is 16.5. The lowest BCUT2D eigenvalue weighted by atomic mass is 10.3. The van der Waals surface area contributed by atoms with Crippen LogP contribution in [0.3, 0.4) is 0 Å². The van der Waals surface area contributed by atoms with Gasteiger partial charge in [0, 0.05) is 12.2 Å². The van der Waals surface area contributed by atoms with Gasteiger partial charge in [-0.05, 0) is 51.3 Å². The summed E-state index contributed by atoms with van der Waals surface area (Å²) in [5.41, 5.74) is 0.640. The molecule has 2 N–H and O–H groups in total. The van der Waals surface area contributed by atoms with E-state index >= 15 is 0 Å². The van der Waals surface area contributed by atoms with E-state index in [0.717, 1.165) is 13.0 Å². The first-order chi connectivity index (χ1) is 10.0. The molecule has 0 aliphatic heterocycles. The number of methoxy groups -OCH3 is 1. The molecule has 0 spiro atoms. The number of hydrogen-bond acceptors (Lipinski definition) is 4. The Morgan fingerprint density at radius 1 is 1.14 bits per heavy atom. The van der Waals surface area contributed by atoms with Gasteiger partial charge in [-0.2, -0.15) is 0 Å². The molecule has 6 heteroatoms. The summed E-state index contributed by atoms with van der Waals surface area (Å²) in [5, 5.41) is 5.40. The molecule has 0 atom stereocenters. The molecule has 0 heterocycles. The predicted molar refractivity (Wildman–Crippen MR) is 82.4 cm³/mol. The third-order valence-corrected chi connectivity index (χ3v) is 2.80. The molecule has 116 valence electrons. The molecule has 0 saturated carbocycles. The Hall–Kier alpha value is -2.08. The quantitative estimate of drug-likeness (QED) is 0.556. The van der Waals surface area contributed by atoms with Crippen LogP contribution in [0.5, 0.6) is 5.75 Å². The summed E-state index contributed by atoms with van der Waals surface area (Å²) in [7, 11) is 5.53. The van der Waals surface area contributed by atoms with E-state index in [9.17, 15) is 9.59 Å². The molecule has 0 aromatic heterocycles. The van der Waals surface area contributed by atoms with Crippen LogP contribution >= 0.6 is 0 Å². The first kappa shape index (κ1) is 17.0. The number of carbonyl (C=O) groups excluding carboxylic acids is 2. The first-order valence-electron chi connectivity index (χ1n) is 6.86. The van der Waals surface area contributed by atoms with E-state index in [2.05, 4.69) is 10.6 Å². The molecule has 21 heavy (non-hydrogen) atoms. The maximum absolute atomic E-state index is 11.7. The van der Waals surface area contributed by atoms with Crippen molar-refractivity contribution in [3.05, 3.63) is 24.3 Å². The van der Waals surface area contributed by atoms with Crippen LogP contribution in [0.25, 0.3) is 0 Å². The minimum atomic E-state index is -0.328. The largest absolute Gasteiger partial charge is 0.497 e. The van der Waals surface area contributed by atoms with Crippen LogP contribution in [0.1, 0.15) is 12.8 Å². The average molecular weight is 293 g/mol. The molecule has 0 aliphatic carbocycles. The summed E-state index contributed by atoms with van der Waals surface area (Å²) in [5.74, 6) is 0.122. The lowest BCUT2D eigenvalue weighted by Gasteiger charge is -2.10. The molecule has 0 bridgehead atoms. The second kappa shape index (κ2) is 8.97. The lowest BCUT2D eigenvalue weighted by molar-refractivity contribution is -0.126. The van der Waals surface area contributed by atoms with E-state index in [1.54, 1.807) is 31.4 Å². The van der Waals surface area contributed by atoms with Gasteiger partial charge in [0.25, 0.3) is 0 Å². The van der Waals surface area contributed by atoms with E-state index < -0.39 is 0 Å². The highest BCUT2D eigenvalue weighted by Gasteiger charge is 2.09. The van der Waals surface area contributed by atoms with Crippen LogP contribution in [0, 0.1) is 0 Å². The Labute approximate surface area is 125 Å². The summed E-state index contributed by atoms with van der Waals surface area (Å²) in [6.07, 6.45) is 0.687. The number of rotatable bonds is 8. The Kier molecular flexibility index (Phi) is 7.25. The fourth-order valence-corrected chi connectivity index (χ4v) is 1.71. The number of ether oxygens (including phenoxy) is 1. The van der Waals surface area contributed by atoms with Gasteiger partial charge in [-0.3, -0.25) is 9.59 Å². The van der Waals surface area contributed by atoms with Gasteiger partial charge in [0.2, 0.25) is 11.8 Å². The van der Waals surface area contributed by atoms with Crippen molar-refractivity contribution in [2.24, 2.45) is 0 Å². The van der Waals surface area contributed by atoms with Crippen molar-refractivity contribution in [2.45, 2.75) is 12.8 Å². The standard InChI is InChI=1S/C15H23N3O3/c1-18(2)10-4-9-16-14(19)11-15(20)17-12-5-7-13(21-3)8-6-12/h5-8H,4,9-11H2,1-3H3,(H,16,19)(H,17,20). The van der Waals surface area contributed by atoms with E-state index in [0.29, 0.717) is 18.0 Å². The fraction of sp³-hybridized carbons (Fsp3) is 0.467. The van der Waals surface area contributed by atoms with Gasteiger partial charge in [0.1, 0.15) is 12.2 Å². The second-order valence-corrected chi connectivity index (χ2v) is 4.96.